The van der Waals surface area contributed by atoms with Crippen molar-refractivity contribution in [3.8, 4) is 0 Å². The zero-order valence-electron chi connectivity index (χ0n) is 13.5. The van der Waals surface area contributed by atoms with Crippen LogP contribution in [0.5, 0.6) is 0 Å². The molecule has 124 valence electrons. The first kappa shape index (κ1) is 17.2. The van der Waals surface area contributed by atoms with Crippen molar-refractivity contribution in [2.75, 3.05) is 14.1 Å². The number of benzene rings is 1. The minimum atomic E-state index is -3.60. The molecule has 2 rings (SSSR count). The molecule has 1 N–H and O–H groups in total. The summed E-state index contributed by atoms with van der Waals surface area (Å²) in [6.07, 6.45) is 1.56. The van der Waals surface area contributed by atoms with E-state index >= 15 is 0 Å². The van der Waals surface area contributed by atoms with Crippen LogP contribution in [-0.4, -0.2) is 37.7 Å². The maximum Gasteiger partial charge on any atom is 0.251 e. The molecule has 0 aliphatic heterocycles. The van der Waals surface area contributed by atoms with Gasteiger partial charge in [-0.15, -0.1) is 0 Å². The molecule has 0 fully saturated rings. The molecule has 0 aliphatic rings. The Labute approximate surface area is 135 Å². The summed E-state index contributed by atoms with van der Waals surface area (Å²) in [6, 6.07) is 4.57. The number of oxazole rings is 1. The minimum absolute atomic E-state index is 0.113. The molecule has 1 aromatic heterocycles. The van der Waals surface area contributed by atoms with Crippen molar-refractivity contribution in [2.24, 2.45) is 0 Å². The second-order valence-corrected chi connectivity index (χ2v) is 7.44. The van der Waals surface area contributed by atoms with Crippen molar-refractivity contribution in [1.29, 1.82) is 0 Å². The van der Waals surface area contributed by atoms with Crippen LogP contribution in [0.25, 0.3) is 0 Å². The molecule has 0 spiro atoms. The number of carbonyl (C=O) groups excluding carboxylic acids is 1. The summed E-state index contributed by atoms with van der Waals surface area (Å²) in [6.45, 7) is 3.58. The van der Waals surface area contributed by atoms with Crippen LogP contribution in [0.3, 0.4) is 0 Å². The van der Waals surface area contributed by atoms with Gasteiger partial charge in [-0.25, -0.2) is 17.7 Å². The monoisotopic (exact) mass is 337 g/mol. The van der Waals surface area contributed by atoms with E-state index in [0.29, 0.717) is 17.2 Å². The van der Waals surface area contributed by atoms with Crippen LogP contribution in [0.1, 0.15) is 27.6 Å². The quantitative estimate of drug-likeness (QED) is 0.892. The molecule has 0 saturated heterocycles. The second kappa shape index (κ2) is 6.51. The molecule has 23 heavy (non-hydrogen) atoms. The summed E-state index contributed by atoms with van der Waals surface area (Å²) in [5, 5.41) is 2.65. The van der Waals surface area contributed by atoms with Gasteiger partial charge in [0.05, 0.1) is 17.6 Å². The molecule has 8 heteroatoms. The molecule has 1 aromatic carbocycles. The molecular formula is C15H19N3O4S. The molecular weight excluding hydrogens is 318 g/mol. The molecule has 0 saturated carbocycles. The molecule has 0 unspecified atom stereocenters. The maximum atomic E-state index is 12.3. The van der Waals surface area contributed by atoms with Gasteiger partial charge in [0.2, 0.25) is 15.9 Å². The van der Waals surface area contributed by atoms with Gasteiger partial charge >= 0.3 is 0 Å². The lowest BCUT2D eigenvalue weighted by Crippen LogP contribution is -2.25. The Bertz CT molecular complexity index is 825. The van der Waals surface area contributed by atoms with Crippen LogP contribution in [0.2, 0.25) is 0 Å². The van der Waals surface area contributed by atoms with Crippen LogP contribution >= 0.6 is 0 Å². The molecule has 1 heterocycles. The largest absolute Gasteiger partial charge is 0.444 e. The molecule has 0 radical (unpaired) electrons. The Balaban J connectivity index is 2.21. The Morgan fingerprint density at radius 1 is 1.30 bits per heavy atom. The van der Waals surface area contributed by atoms with Gasteiger partial charge < -0.3 is 9.73 Å². The minimum Gasteiger partial charge on any atom is -0.444 e. The summed E-state index contributed by atoms with van der Waals surface area (Å²) in [4.78, 5) is 16.3. The summed E-state index contributed by atoms with van der Waals surface area (Å²) in [7, 11) is -0.703. The Morgan fingerprint density at radius 2 is 2.00 bits per heavy atom. The van der Waals surface area contributed by atoms with E-state index in [1.165, 1.54) is 20.2 Å². The van der Waals surface area contributed by atoms with Crippen LogP contribution in [0, 0.1) is 13.8 Å². The summed E-state index contributed by atoms with van der Waals surface area (Å²) >= 11 is 0. The van der Waals surface area contributed by atoms with E-state index in [1.807, 2.05) is 0 Å². The van der Waals surface area contributed by atoms with Gasteiger partial charge in [-0.2, -0.15) is 0 Å². The first-order valence-electron chi connectivity index (χ1n) is 6.94. The first-order valence-corrected chi connectivity index (χ1v) is 8.38. The third-order valence-electron chi connectivity index (χ3n) is 3.28. The van der Waals surface area contributed by atoms with E-state index in [2.05, 4.69) is 10.3 Å². The number of hydrogen-bond donors (Lipinski definition) is 1. The average Bonchev–Trinajstić information content (AvgIpc) is 2.90. The van der Waals surface area contributed by atoms with Crippen molar-refractivity contribution in [3.05, 3.63) is 47.2 Å². The van der Waals surface area contributed by atoms with Crippen molar-refractivity contribution >= 4 is 15.9 Å². The summed E-state index contributed by atoms with van der Waals surface area (Å²) < 4.78 is 30.9. The molecule has 0 aliphatic carbocycles. The molecule has 1 amide bonds. The van der Waals surface area contributed by atoms with E-state index < -0.39 is 15.9 Å². The fourth-order valence-corrected chi connectivity index (χ4v) is 3.10. The average molecular weight is 337 g/mol. The second-order valence-electron chi connectivity index (χ2n) is 5.32. The molecule has 0 bridgehead atoms. The number of rotatable bonds is 5. The fourth-order valence-electron chi connectivity index (χ4n) is 1.96. The van der Waals surface area contributed by atoms with Gasteiger partial charge in [0, 0.05) is 19.7 Å². The number of amides is 1. The number of aryl methyl sites for hydroxylation is 2. The van der Waals surface area contributed by atoms with Gasteiger partial charge in [0.15, 0.2) is 0 Å². The SMILES string of the molecule is Cc1cnc(CNC(=O)c2ccc(C)c(S(=O)(=O)N(C)C)c2)o1. The predicted molar refractivity (Wildman–Crippen MR) is 84.5 cm³/mol. The van der Waals surface area contributed by atoms with Crippen molar-refractivity contribution in [2.45, 2.75) is 25.3 Å². The summed E-state index contributed by atoms with van der Waals surface area (Å²) in [5.41, 5.74) is 0.845. The van der Waals surface area contributed by atoms with Crippen LogP contribution in [-0.2, 0) is 16.6 Å². The fraction of sp³-hybridized carbons (Fsp3) is 0.333. The van der Waals surface area contributed by atoms with E-state index in [0.717, 1.165) is 4.31 Å². The zero-order chi connectivity index (χ0) is 17.2. The zero-order valence-corrected chi connectivity index (χ0v) is 14.3. The molecule has 2 aromatic rings. The number of nitrogens with one attached hydrogen (secondary N) is 1. The van der Waals surface area contributed by atoms with Gasteiger partial charge in [-0.1, -0.05) is 6.07 Å². The number of aromatic nitrogens is 1. The predicted octanol–water partition coefficient (Wildman–Crippen LogP) is 1.47. The number of sulfonamides is 1. The normalized spacial score (nSPS) is 11.7. The van der Waals surface area contributed by atoms with E-state index in [-0.39, 0.29) is 17.0 Å². The third-order valence-corrected chi connectivity index (χ3v) is 5.24. The highest BCUT2D eigenvalue weighted by molar-refractivity contribution is 7.89. The van der Waals surface area contributed by atoms with Crippen molar-refractivity contribution in [3.63, 3.8) is 0 Å². The summed E-state index contributed by atoms with van der Waals surface area (Å²) in [5.74, 6) is 0.657. The highest BCUT2D eigenvalue weighted by Gasteiger charge is 2.21. The first-order chi connectivity index (χ1) is 10.7. The Morgan fingerprint density at radius 3 is 2.57 bits per heavy atom. The van der Waals surface area contributed by atoms with Gasteiger partial charge in [0.1, 0.15) is 5.76 Å². The maximum absolute atomic E-state index is 12.3. The van der Waals surface area contributed by atoms with Crippen molar-refractivity contribution in [1.82, 2.24) is 14.6 Å². The Kier molecular flexibility index (Phi) is 4.86. The molecule has 0 atom stereocenters. The third kappa shape index (κ3) is 3.77. The molecule has 7 nitrogen and oxygen atoms in total. The van der Waals surface area contributed by atoms with E-state index in [9.17, 15) is 13.2 Å². The topological polar surface area (TPSA) is 92.5 Å². The standard InChI is InChI=1S/C15H19N3O4S/c1-10-5-6-12(7-13(10)23(20,21)18(3)4)15(19)17-9-14-16-8-11(2)22-14/h5-8H,9H2,1-4H3,(H,17,19). The number of hydrogen-bond acceptors (Lipinski definition) is 5. The smallest absolute Gasteiger partial charge is 0.251 e. The highest BCUT2D eigenvalue weighted by atomic mass is 32.2. The lowest BCUT2D eigenvalue weighted by molar-refractivity contribution is 0.0947. The van der Waals surface area contributed by atoms with Crippen LogP contribution in [0.15, 0.2) is 33.7 Å². The lowest BCUT2D eigenvalue weighted by Gasteiger charge is -2.14. The van der Waals surface area contributed by atoms with Crippen LogP contribution < -0.4 is 5.32 Å². The van der Waals surface area contributed by atoms with E-state index in [1.54, 1.807) is 32.2 Å². The lowest BCUT2D eigenvalue weighted by atomic mass is 10.1. The van der Waals surface area contributed by atoms with Gasteiger partial charge in [-0.05, 0) is 31.5 Å². The van der Waals surface area contributed by atoms with E-state index in [4.69, 9.17) is 4.42 Å². The van der Waals surface area contributed by atoms with Gasteiger partial charge in [-0.3, -0.25) is 4.79 Å². The number of carbonyl (C=O) groups is 1. The Hall–Kier alpha value is -2.19. The van der Waals surface area contributed by atoms with Gasteiger partial charge in [0.25, 0.3) is 5.91 Å². The van der Waals surface area contributed by atoms with Crippen LogP contribution in [0.4, 0.5) is 0 Å². The van der Waals surface area contributed by atoms with Crippen molar-refractivity contribution < 1.29 is 17.6 Å². The highest BCUT2D eigenvalue weighted by Crippen LogP contribution is 2.20. The number of nitrogens with zero attached hydrogens (tertiary/aromatic N) is 2.